The van der Waals surface area contributed by atoms with Crippen LogP contribution in [-0.4, -0.2) is 37.7 Å². The number of carbonyl (C=O) groups is 3. The first-order valence-electron chi connectivity index (χ1n) is 6.46. The van der Waals surface area contributed by atoms with Crippen LogP contribution in [0.25, 0.3) is 0 Å². The molecule has 3 N–H and O–H groups in total. The minimum Gasteiger partial charge on any atom is -0.452 e. The van der Waals surface area contributed by atoms with Gasteiger partial charge in [-0.05, 0) is 24.3 Å². The van der Waals surface area contributed by atoms with Crippen LogP contribution in [0, 0.1) is 5.82 Å². The first kappa shape index (κ1) is 15.5. The molecule has 0 spiro atoms. The second-order valence-electron chi connectivity index (χ2n) is 4.60. The highest BCUT2D eigenvalue weighted by atomic mass is 19.1. The molecule has 0 radical (unpaired) electrons. The summed E-state index contributed by atoms with van der Waals surface area (Å²) < 4.78 is 17.2. The monoisotopic (exact) mass is 310 g/mol. The largest absolute Gasteiger partial charge is 0.452 e. The summed E-state index contributed by atoms with van der Waals surface area (Å²) in [5.74, 6) is -0.573. The molecule has 8 nitrogen and oxygen atoms in total. The minimum absolute atomic E-state index is 0.114. The zero-order chi connectivity index (χ0) is 16.1. The fraction of sp³-hybridized carbons (Fsp3) is 0.308. The van der Waals surface area contributed by atoms with Crippen molar-refractivity contribution < 1.29 is 23.5 Å². The molecule has 1 aromatic carbocycles. The van der Waals surface area contributed by atoms with E-state index in [9.17, 15) is 18.8 Å². The number of hydrogen-bond acceptors (Lipinski definition) is 4. The SMILES string of the molecule is COC(=O)NNC(=O)N[C@H]1CC(=O)N(c2ccc(F)cc2)C1. The predicted octanol–water partition coefficient (Wildman–Crippen LogP) is 0.501. The smallest absolute Gasteiger partial charge is 0.425 e. The number of benzene rings is 1. The van der Waals surface area contributed by atoms with E-state index >= 15 is 0 Å². The Balaban J connectivity index is 1.88. The maximum absolute atomic E-state index is 12.9. The molecule has 0 saturated carbocycles. The number of nitrogens with one attached hydrogen (secondary N) is 3. The summed E-state index contributed by atoms with van der Waals surface area (Å²) in [5, 5.41) is 2.54. The van der Waals surface area contributed by atoms with Crippen LogP contribution in [0.2, 0.25) is 0 Å². The van der Waals surface area contributed by atoms with E-state index in [4.69, 9.17) is 0 Å². The molecule has 4 amide bonds. The first-order valence-corrected chi connectivity index (χ1v) is 6.46. The van der Waals surface area contributed by atoms with E-state index in [1.54, 1.807) is 0 Å². The molecule has 1 saturated heterocycles. The molecule has 0 aliphatic carbocycles. The number of methoxy groups -OCH3 is 1. The summed E-state index contributed by atoms with van der Waals surface area (Å²) in [4.78, 5) is 35.7. The average molecular weight is 310 g/mol. The van der Waals surface area contributed by atoms with Crippen LogP contribution in [0.5, 0.6) is 0 Å². The van der Waals surface area contributed by atoms with Gasteiger partial charge in [-0.25, -0.2) is 24.8 Å². The molecule has 118 valence electrons. The third kappa shape index (κ3) is 3.84. The standard InChI is InChI=1S/C13H15FN4O4/c1-22-13(21)17-16-12(20)15-9-6-11(19)18(7-9)10-4-2-8(14)3-5-10/h2-5,9H,6-7H2,1H3,(H,17,21)(H2,15,16,20)/t9-/m0/s1. The first-order chi connectivity index (χ1) is 10.5. The van der Waals surface area contributed by atoms with Gasteiger partial charge in [-0.15, -0.1) is 0 Å². The number of hydrogen-bond donors (Lipinski definition) is 3. The van der Waals surface area contributed by atoms with Gasteiger partial charge < -0.3 is 15.0 Å². The van der Waals surface area contributed by atoms with Crippen molar-refractivity contribution in [3.63, 3.8) is 0 Å². The maximum Gasteiger partial charge on any atom is 0.425 e. The van der Waals surface area contributed by atoms with Crippen molar-refractivity contribution in [1.82, 2.24) is 16.2 Å². The normalized spacial score (nSPS) is 17.1. The Morgan fingerprint density at radius 3 is 2.59 bits per heavy atom. The summed E-state index contributed by atoms with van der Waals surface area (Å²) in [7, 11) is 1.16. The van der Waals surface area contributed by atoms with Crippen molar-refractivity contribution in [3.05, 3.63) is 30.1 Å². The lowest BCUT2D eigenvalue weighted by Gasteiger charge is -2.17. The molecular formula is C13H15FN4O4. The topological polar surface area (TPSA) is 99.8 Å². The summed E-state index contributed by atoms with van der Waals surface area (Å²) >= 11 is 0. The second kappa shape index (κ2) is 6.74. The van der Waals surface area contributed by atoms with Crippen LogP contribution >= 0.6 is 0 Å². The molecule has 1 aliphatic rings. The van der Waals surface area contributed by atoms with Crippen LogP contribution in [0.4, 0.5) is 19.7 Å². The Morgan fingerprint density at radius 2 is 1.95 bits per heavy atom. The van der Waals surface area contributed by atoms with Gasteiger partial charge in [0.2, 0.25) is 5.91 Å². The molecule has 0 aromatic heterocycles. The van der Waals surface area contributed by atoms with Crippen LogP contribution in [0.3, 0.4) is 0 Å². The molecule has 0 unspecified atom stereocenters. The number of hydrazine groups is 1. The van der Waals surface area contributed by atoms with Gasteiger partial charge in [0.25, 0.3) is 0 Å². The van der Waals surface area contributed by atoms with Crippen molar-refractivity contribution in [2.45, 2.75) is 12.5 Å². The molecule has 0 bridgehead atoms. The van der Waals surface area contributed by atoms with Gasteiger partial charge in [0.1, 0.15) is 5.82 Å². The van der Waals surface area contributed by atoms with Crippen molar-refractivity contribution >= 4 is 23.7 Å². The van der Waals surface area contributed by atoms with Crippen LogP contribution < -0.4 is 21.1 Å². The molecule has 1 aromatic rings. The summed E-state index contributed by atoms with van der Waals surface area (Å²) in [6.45, 7) is 0.260. The van der Waals surface area contributed by atoms with E-state index in [2.05, 4.69) is 15.5 Å². The minimum atomic E-state index is -0.814. The Hall–Kier alpha value is -2.84. The van der Waals surface area contributed by atoms with Gasteiger partial charge in [0.15, 0.2) is 0 Å². The summed E-state index contributed by atoms with van der Waals surface area (Å²) in [6.07, 6.45) is -0.700. The highest BCUT2D eigenvalue weighted by Crippen LogP contribution is 2.21. The van der Waals surface area contributed by atoms with Gasteiger partial charge in [0.05, 0.1) is 13.2 Å². The third-order valence-corrected chi connectivity index (χ3v) is 3.06. The number of carbonyl (C=O) groups excluding carboxylic acids is 3. The maximum atomic E-state index is 12.9. The lowest BCUT2D eigenvalue weighted by Crippen LogP contribution is -2.50. The van der Waals surface area contributed by atoms with E-state index in [0.717, 1.165) is 7.11 Å². The highest BCUT2D eigenvalue weighted by Gasteiger charge is 2.31. The number of nitrogens with zero attached hydrogens (tertiary/aromatic N) is 1. The summed E-state index contributed by atoms with van der Waals surface area (Å²) in [6, 6.07) is 4.43. The lowest BCUT2D eigenvalue weighted by molar-refractivity contribution is -0.117. The van der Waals surface area contributed by atoms with Crippen molar-refractivity contribution in [2.75, 3.05) is 18.6 Å². The van der Waals surface area contributed by atoms with Crippen LogP contribution in [-0.2, 0) is 9.53 Å². The molecule has 22 heavy (non-hydrogen) atoms. The summed E-state index contributed by atoms with van der Waals surface area (Å²) in [5.41, 5.74) is 4.65. The Morgan fingerprint density at radius 1 is 1.27 bits per heavy atom. The molecule has 2 rings (SSSR count). The predicted molar refractivity (Wildman–Crippen MR) is 74.4 cm³/mol. The van der Waals surface area contributed by atoms with E-state index < -0.39 is 24.0 Å². The number of ether oxygens (including phenoxy) is 1. The van der Waals surface area contributed by atoms with E-state index in [1.807, 2.05) is 5.43 Å². The van der Waals surface area contributed by atoms with Gasteiger partial charge in [-0.1, -0.05) is 0 Å². The fourth-order valence-electron chi connectivity index (χ4n) is 2.06. The zero-order valence-electron chi connectivity index (χ0n) is 11.8. The molecule has 1 heterocycles. The molecular weight excluding hydrogens is 295 g/mol. The van der Waals surface area contributed by atoms with Crippen LogP contribution in [0.15, 0.2) is 24.3 Å². The molecule has 1 atom stereocenters. The van der Waals surface area contributed by atoms with E-state index in [-0.39, 0.29) is 18.9 Å². The van der Waals surface area contributed by atoms with Gasteiger partial charge in [0, 0.05) is 18.7 Å². The fourth-order valence-corrected chi connectivity index (χ4v) is 2.06. The van der Waals surface area contributed by atoms with E-state index in [0.29, 0.717) is 5.69 Å². The number of halogens is 1. The second-order valence-corrected chi connectivity index (χ2v) is 4.60. The number of urea groups is 1. The quantitative estimate of drug-likeness (QED) is 0.693. The van der Waals surface area contributed by atoms with Crippen molar-refractivity contribution in [2.24, 2.45) is 0 Å². The van der Waals surface area contributed by atoms with Crippen molar-refractivity contribution in [1.29, 1.82) is 0 Å². The number of anilines is 1. The van der Waals surface area contributed by atoms with E-state index in [1.165, 1.54) is 29.2 Å². The third-order valence-electron chi connectivity index (χ3n) is 3.06. The molecule has 1 aliphatic heterocycles. The van der Waals surface area contributed by atoms with Crippen molar-refractivity contribution in [3.8, 4) is 0 Å². The molecule has 9 heteroatoms. The number of rotatable bonds is 2. The van der Waals surface area contributed by atoms with Gasteiger partial charge >= 0.3 is 12.1 Å². The highest BCUT2D eigenvalue weighted by molar-refractivity contribution is 5.96. The Labute approximate surface area is 125 Å². The van der Waals surface area contributed by atoms with Gasteiger partial charge in [-0.2, -0.15) is 0 Å². The van der Waals surface area contributed by atoms with Gasteiger partial charge in [-0.3, -0.25) is 4.79 Å². The average Bonchev–Trinajstić information content (AvgIpc) is 2.86. The lowest BCUT2D eigenvalue weighted by atomic mass is 10.2. The Bertz CT molecular complexity index is 578. The Kier molecular flexibility index (Phi) is 4.77. The van der Waals surface area contributed by atoms with Crippen LogP contribution in [0.1, 0.15) is 6.42 Å². The number of amides is 4. The molecule has 1 fully saturated rings. The zero-order valence-corrected chi connectivity index (χ0v) is 11.8.